The van der Waals surface area contributed by atoms with Crippen LogP contribution in [0.4, 0.5) is 17.1 Å². The summed E-state index contributed by atoms with van der Waals surface area (Å²) >= 11 is 0. The number of rotatable bonds is 6. The lowest BCUT2D eigenvalue weighted by Crippen LogP contribution is -2.10. The molecule has 0 amide bonds. The van der Waals surface area contributed by atoms with Crippen LogP contribution in [0.25, 0.3) is 76.9 Å². The van der Waals surface area contributed by atoms with Crippen molar-refractivity contribution in [3.05, 3.63) is 200 Å². The first-order valence-electron chi connectivity index (χ1n) is 17.8. The fourth-order valence-corrected chi connectivity index (χ4v) is 7.80. The van der Waals surface area contributed by atoms with Gasteiger partial charge in [0, 0.05) is 22.3 Å². The average Bonchev–Trinajstić information content (AvgIpc) is 3.60. The lowest BCUT2D eigenvalue weighted by molar-refractivity contribution is 0.670. The van der Waals surface area contributed by atoms with E-state index in [1.54, 1.807) is 0 Å². The molecule has 52 heavy (non-hydrogen) atoms. The Morgan fingerprint density at radius 2 is 0.885 bits per heavy atom. The minimum Gasteiger partial charge on any atom is -0.455 e. The molecule has 0 aliphatic carbocycles. The molecular weight excluding hydrogens is 631 g/mol. The Labute approximate surface area is 302 Å². The Bertz CT molecular complexity index is 2780. The first-order valence-corrected chi connectivity index (χ1v) is 17.8. The molecule has 2 heteroatoms. The molecule has 0 fully saturated rings. The molecule has 0 saturated heterocycles. The van der Waals surface area contributed by atoms with Gasteiger partial charge in [0.1, 0.15) is 11.2 Å². The molecule has 10 rings (SSSR count). The fraction of sp³-hybridized carbons (Fsp3) is 0. The smallest absolute Gasteiger partial charge is 0.143 e. The SMILES string of the molecule is c1ccc(-c2ccc(N(c3ccc(-c4ccccc4)cc3)c3cccc4oc5c(-c6cccc7ccccc67)c6ccccc6cc5c34)cc2)cc1. The Morgan fingerprint density at radius 1 is 0.365 bits per heavy atom. The van der Waals surface area contributed by atoms with Gasteiger partial charge in [0.25, 0.3) is 0 Å². The lowest BCUT2D eigenvalue weighted by atomic mass is 9.92. The molecule has 0 N–H and O–H groups in total. The Morgan fingerprint density at radius 3 is 1.54 bits per heavy atom. The van der Waals surface area contributed by atoms with E-state index in [-0.39, 0.29) is 0 Å². The largest absolute Gasteiger partial charge is 0.455 e. The van der Waals surface area contributed by atoms with Crippen molar-refractivity contribution in [3.8, 4) is 33.4 Å². The summed E-state index contributed by atoms with van der Waals surface area (Å²) in [5, 5.41) is 6.96. The third-order valence-electron chi connectivity index (χ3n) is 10.3. The van der Waals surface area contributed by atoms with E-state index in [1.165, 1.54) is 49.4 Å². The van der Waals surface area contributed by atoms with Crippen LogP contribution in [0.3, 0.4) is 0 Å². The van der Waals surface area contributed by atoms with E-state index in [1.807, 2.05) is 0 Å². The molecule has 0 atom stereocenters. The summed E-state index contributed by atoms with van der Waals surface area (Å²) in [6.07, 6.45) is 0. The number of hydrogen-bond acceptors (Lipinski definition) is 2. The monoisotopic (exact) mass is 663 g/mol. The highest BCUT2D eigenvalue weighted by molar-refractivity contribution is 6.23. The third kappa shape index (κ3) is 5.04. The van der Waals surface area contributed by atoms with E-state index in [2.05, 4.69) is 205 Å². The Balaban J connectivity index is 1.23. The Kier molecular flexibility index (Phi) is 7.18. The van der Waals surface area contributed by atoms with E-state index in [4.69, 9.17) is 4.42 Å². The van der Waals surface area contributed by atoms with Gasteiger partial charge in [-0.3, -0.25) is 0 Å². The zero-order valence-corrected chi connectivity index (χ0v) is 28.4. The summed E-state index contributed by atoms with van der Waals surface area (Å²) in [4.78, 5) is 2.37. The normalized spacial score (nSPS) is 11.5. The van der Waals surface area contributed by atoms with Gasteiger partial charge in [0.15, 0.2) is 0 Å². The van der Waals surface area contributed by atoms with Gasteiger partial charge < -0.3 is 9.32 Å². The molecule has 10 aromatic rings. The van der Waals surface area contributed by atoms with Crippen LogP contribution in [0.15, 0.2) is 205 Å². The molecule has 2 nitrogen and oxygen atoms in total. The summed E-state index contributed by atoms with van der Waals surface area (Å²) in [5.74, 6) is 0. The van der Waals surface area contributed by atoms with Crippen molar-refractivity contribution < 1.29 is 4.42 Å². The van der Waals surface area contributed by atoms with Gasteiger partial charge in [-0.25, -0.2) is 0 Å². The molecule has 9 aromatic carbocycles. The summed E-state index contributed by atoms with van der Waals surface area (Å²) < 4.78 is 6.98. The van der Waals surface area contributed by atoms with Gasteiger partial charge in [-0.15, -0.1) is 0 Å². The predicted molar refractivity (Wildman–Crippen MR) is 220 cm³/mol. The van der Waals surface area contributed by atoms with Crippen LogP contribution >= 0.6 is 0 Å². The lowest BCUT2D eigenvalue weighted by Gasteiger charge is -2.26. The Hall–Kier alpha value is -6.90. The van der Waals surface area contributed by atoms with E-state index < -0.39 is 0 Å². The molecule has 1 heterocycles. The van der Waals surface area contributed by atoms with Gasteiger partial charge in [-0.2, -0.15) is 0 Å². The molecule has 0 unspecified atom stereocenters. The zero-order valence-electron chi connectivity index (χ0n) is 28.4. The van der Waals surface area contributed by atoms with E-state index in [0.29, 0.717) is 0 Å². The van der Waals surface area contributed by atoms with Gasteiger partial charge in [0.2, 0.25) is 0 Å². The van der Waals surface area contributed by atoms with Gasteiger partial charge in [0.05, 0.1) is 11.1 Å². The van der Waals surface area contributed by atoms with Crippen LogP contribution in [-0.4, -0.2) is 0 Å². The quantitative estimate of drug-likeness (QED) is 0.176. The molecule has 1 aromatic heterocycles. The van der Waals surface area contributed by atoms with Gasteiger partial charge in [-0.05, 0) is 91.8 Å². The van der Waals surface area contributed by atoms with Gasteiger partial charge in [-0.1, -0.05) is 158 Å². The summed E-state index contributed by atoms with van der Waals surface area (Å²) in [5.41, 5.74) is 12.0. The van der Waals surface area contributed by atoms with E-state index in [0.717, 1.165) is 44.6 Å². The minimum atomic E-state index is 0.858. The second-order valence-electron chi connectivity index (χ2n) is 13.3. The fourth-order valence-electron chi connectivity index (χ4n) is 7.80. The van der Waals surface area contributed by atoms with Crippen molar-refractivity contribution in [2.75, 3.05) is 4.90 Å². The van der Waals surface area contributed by atoms with E-state index in [9.17, 15) is 0 Å². The second kappa shape index (κ2) is 12.5. The van der Waals surface area contributed by atoms with Crippen molar-refractivity contribution in [2.24, 2.45) is 0 Å². The number of fused-ring (bicyclic) bond motifs is 5. The standard InChI is InChI=1S/C50H33NO/c1-3-13-34(14-4-1)36-25-29-40(30-26-36)51(41-31-27-37(28-32-41)35-15-5-2-6-16-35)46-23-12-24-47-49(46)45-33-39-18-8-10-21-43(39)48(50(45)52-47)44-22-11-19-38-17-7-9-20-42(38)44/h1-33H. The van der Waals surface area contributed by atoms with Gasteiger partial charge >= 0.3 is 0 Å². The van der Waals surface area contributed by atoms with Crippen LogP contribution in [0.5, 0.6) is 0 Å². The first kappa shape index (κ1) is 30.0. The second-order valence-corrected chi connectivity index (χ2v) is 13.3. The molecular formula is C50H33NO. The van der Waals surface area contributed by atoms with E-state index >= 15 is 0 Å². The highest BCUT2D eigenvalue weighted by Gasteiger charge is 2.23. The molecule has 244 valence electrons. The highest BCUT2D eigenvalue weighted by atomic mass is 16.3. The van der Waals surface area contributed by atoms with Crippen LogP contribution in [0.1, 0.15) is 0 Å². The van der Waals surface area contributed by atoms with Crippen molar-refractivity contribution in [1.29, 1.82) is 0 Å². The van der Waals surface area contributed by atoms with Crippen molar-refractivity contribution in [1.82, 2.24) is 0 Å². The number of anilines is 3. The maximum atomic E-state index is 6.98. The van der Waals surface area contributed by atoms with Crippen LogP contribution < -0.4 is 4.90 Å². The topological polar surface area (TPSA) is 16.4 Å². The summed E-state index contributed by atoms with van der Waals surface area (Å²) in [6.45, 7) is 0. The maximum absolute atomic E-state index is 6.98. The molecule has 0 aliphatic heterocycles. The minimum absolute atomic E-state index is 0.858. The molecule has 0 spiro atoms. The predicted octanol–water partition coefficient (Wildman–Crippen LogP) is 14.4. The summed E-state index contributed by atoms with van der Waals surface area (Å²) in [7, 11) is 0. The molecule has 0 saturated carbocycles. The van der Waals surface area contributed by atoms with Crippen molar-refractivity contribution in [2.45, 2.75) is 0 Å². The molecule has 0 bridgehead atoms. The van der Waals surface area contributed by atoms with Crippen molar-refractivity contribution in [3.63, 3.8) is 0 Å². The number of furan rings is 1. The zero-order chi connectivity index (χ0) is 34.4. The molecule has 0 aliphatic rings. The van der Waals surface area contributed by atoms with Crippen LogP contribution in [0, 0.1) is 0 Å². The van der Waals surface area contributed by atoms with Crippen LogP contribution in [-0.2, 0) is 0 Å². The summed E-state index contributed by atoms with van der Waals surface area (Å²) in [6, 6.07) is 71.5. The number of benzene rings is 9. The highest BCUT2D eigenvalue weighted by Crippen LogP contribution is 2.48. The average molecular weight is 664 g/mol. The number of hydrogen-bond donors (Lipinski definition) is 0. The number of nitrogens with zero attached hydrogens (tertiary/aromatic N) is 1. The van der Waals surface area contributed by atoms with Crippen LogP contribution in [0.2, 0.25) is 0 Å². The first-order chi connectivity index (χ1) is 25.8. The van der Waals surface area contributed by atoms with Crippen molar-refractivity contribution >= 4 is 60.5 Å². The maximum Gasteiger partial charge on any atom is 0.143 e. The molecule has 0 radical (unpaired) electrons. The third-order valence-corrected chi connectivity index (χ3v) is 10.3.